The fourth-order valence-electron chi connectivity index (χ4n) is 3.25. The molecule has 130 valence electrons. The molecule has 0 aliphatic carbocycles. The van der Waals surface area contributed by atoms with E-state index in [1.54, 1.807) is 0 Å². The zero-order chi connectivity index (χ0) is 16.1. The maximum absolute atomic E-state index is 11.0. The quantitative estimate of drug-likeness (QED) is 0.887. The summed E-state index contributed by atoms with van der Waals surface area (Å²) in [5.41, 5.74) is 1.57. The Balaban J connectivity index is 0.00000208. The van der Waals surface area contributed by atoms with Crippen molar-refractivity contribution < 1.29 is 9.84 Å². The standard InChI is InChI=1S/C20H25NO2.ClH/c1-2-23-19-10-6-9-18(15-19)20(22)11-13-21(14-12-20)16-17-7-4-3-5-8-17;/h3-10,15,22H,2,11-14,16H2,1H3;1H. The van der Waals surface area contributed by atoms with Crippen LogP contribution in [0.15, 0.2) is 54.6 Å². The summed E-state index contributed by atoms with van der Waals surface area (Å²) in [5.74, 6) is 0.838. The molecule has 1 saturated heterocycles. The molecule has 1 aliphatic heterocycles. The lowest BCUT2D eigenvalue weighted by Crippen LogP contribution is -2.42. The molecule has 2 aromatic rings. The number of benzene rings is 2. The molecule has 0 amide bonds. The molecule has 2 aromatic carbocycles. The Labute approximate surface area is 150 Å². The summed E-state index contributed by atoms with van der Waals surface area (Å²) in [5, 5.41) is 11.0. The van der Waals surface area contributed by atoms with E-state index in [9.17, 15) is 5.11 Å². The van der Waals surface area contributed by atoms with Crippen LogP contribution in [-0.4, -0.2) is 29.7 Å². The molecule has 1 heterocycles. The van der Waals surface area contributed by atoms with Crippen LogP contribution < -0.4 is 4.74 Å². The summed E-state index contributed by atoms with van der Waals surface area (Å²) in [4.78, 5) is 2.41. The minimum atomic E-state index is -0.736. The van der Waals surface area contributed by atoms with Gasteiger partial charge in [-0.25, -0.2) is 0 Å². The first-order chi connectivity index (χ1) is 11.2. The van der Waals surface area contributed by atoms with Gasteiger partial charge in [-0.3, -0.25) is 4.90 Å². The van der Waals surface area contributed by atoms with Crippen LogP contribution in [0.25, 0.3) is 0 Å². The normalized spacial score (nSPS) is 17.1. The third-order valence-electron chi connectivity index (χ3n) is 4.61. The fraction of sp³-hybridized carbons (Fsp3) is 0.400. The van der Waals surface area contributed by atoms with Crippen LogP contribution in [0, 0.1) is 0 Å². The predicted molar refractivity (Wildman–Crippen MR) is 99.7 cm³/mol. The van der Waals surface area contributed by atoms with Gasteiger partial charge in [-0.2, -0.15) is 0 Å². The summed E-state index contributed by atoms with van der Waals surface area (Å²) in [7, 11) is 0. The third kappa shape index (κ3) is 4.50. The summed E-state index contributed by atoms with van der Waals surface area (Å²) in [6.07, 6.45) is 1.52. The predicted octanol–water partition coefficient (Wildman–Crippen LogP) is 3.99. The van der Waals surface area contributed by atoms with Crippen molar-refractivity contribution in [3.63, 3.8) is 0 Å². The molecule has 1 fully saturated rings. The van der Waals surface area contributed by atoms with Crippen LogP contribution in [0.1, 0.15) is 30.9 Å². The van der Waals surface area contributed by atoms with Crippen LogP contribution in [0.3, 0.4) is 0 Å². The van der Waals surface area contributed by atoms with E-state index < -0.39 is 5.60 Å². The highest BCUT2D eigenvalue weighted by Gasteiger charge is 2.34. The lowest BCUT2D eigenvalue weighted by molar-refractivity contribution is -0.0278. The van der Waals surface area contributed by atoms with E-state index in [1.165, 1.54) is 5.56 Å². The summed E-state index contributed by atoms with van der Waals surface area (Å²) in [6.45, 7) is 5.39. The van der Waals surface area contributed by atoms with Crippen molar-refractivity contribution in [2.24, 2.45) is 0 Å². The van der Waals surface area contributed by atoms with Crippen LogP contribution in [0.2, 0.25) is 0 Å². The molecule has 0 saturated carbocycles. The van der Waals surface area contributed by atoms with E-state index in [0.717, 1.165) is 43.8 Å². The maximum Gasteiger partial charge on any atom is 0.119 e. The molecule has 0 spiro atoms. The van der Waals surface area contributed by atoms with E-state index in [2.05, 4.69) is 29.2 Å². The van der Waals surface area contributed by atoms with Gasteiger partial charge in [0, 0.05) is 19.6 Å². The van der Waals surface area contributed by atoms with Crippen molar-refractivity contribution in [2.75, 3.05) is 19.7 Å². The zero-order valence-corrected chi connectivity index (χ0v) is 15.0. The molecule has 0 radical (unpaired) electrons. The van der Waals surface area contributed by atoms with Crippen molar-refractivity contribution in [1.29, 1.82) is 0 Å². The largest absolute Gasteiger partial charge is 0.494 e. The van der Waals surface area contributed by atoms with Gasteiger partial charge in [-0.05, 0) is 43.0 Å². The molecule has 0 unspecified atom stereocenters. The first-order valence-electron chi connectivity index (χ1n) is 8.41. The number of hydrogen-bond acceptors (Lipinski definition) is 3. The number of hydrogen-bond donors (Lipinski definition) is 1. The van der Waals surface area contributed by atoms with E-state index >= 15 is 0 Å². The summed E-state index contributed by atoms with van der Waals surface area (Å²) < 4.78 is 5.56. The molecule has 1 N–H and O–H groups in total. The van der Waals surface area contributed by atoms with Gasteiger partial charge in [-0.1, -0.05) is 42.5 Å². The first-order valence-corrected chi connectivity index (χ1v) is 8.41. The maximum atomic E-state index is 11.0. The van der Waals surface area contributed by atoms with Gasteiger partial charge >= 0.3 is 0 Å². The van der Waals surface area contributed by atoms with E-state index in [-0.39, 0.29) is 12.4 Å². The SMILES string of the molecule is CCOc1cccc(C2(O)CCN(Cc3ccccc3)CC2)c1.Cl. The number of halogens is 1. The van der Waals surface area contributed by atoms with E-state index in [1.807, 2.05) is 37.3 Å². The molecular weight excluding hydrogens is 322 g/mol. The van der Waals surface area contributed by atoms with E-state index in [4.69, 9.17) is 4.74 Å². The monoisotopic (exact) mass is 347 g/mol. The molecule has 24 heavy (non-hydrogen) atoms. The Morgan fingerprint density at radius 1 is 1.04 bits per heavy atom. The van der Waals surface area contributed by atoms with Crippen molar-refractivity contribution in [3.05, 3.63) is 65.7 Å². The zero-order valence-electron chi connectivity index (χ0n) is 14.1. The van der Waals surface area contributed by atoms with Crippen LogP contribution in [-0.2, 0) is 12.1 Å². The highest BCUT2D eigenvalue weighted by Crippen LogP contribution is 2.34. The Morgan fingerprint density at radius 2 is 1.75 bits per heavy atom. The average molecular weight is 348 g/mol. The molecule has 0 bridgehead atoms. The minimum absolute atomic E-state index is 0. The summed E-state index contributed by atoms with van der Waals surface area (Å²) in [6, 6.07) is 18.4. The Kier molecular flexibility index (Phi) is 6.67. The lowest BCUT2D eigenvalue weighted by Gasteiger charge is -2.38. The van der Waals surface area contributed by atoms with Gasteiger partial charge < -0.3 is 9.84 Å². The van der Waals surface area contributed by atoms with E-state index in [0.29, 0.717) is 6.61 Å². The van der Waals surface area contributed by atoms with Gasteiger partial charge in [-0.15, -0.1) is 12.4 Å². The van der Waals surface area contributed by atoms with Crippen LogP contribution in [0.4, 0.5) is 0 Å². The van der Waals surface area contributed by atoms with Crippen molar-refractivity contribution >= 4 is 12.4 Å². The number of likely N-dealkylation sites (tertiary alicyclic amines) is 1. The lowest BCUT2D eigenvalue weighted by atomic mass is 9.84. The second-order valence-corrected chi connectivity index (χ2v) is 6.25. The number of nitrogens with zero attached hydrogens (tertiary/aromatic N) is 1. The van der Waals surface area contributed by atoms with Crippen LogP contribution >= 0.6 is 12.4 Å². The second-order valence-electron chi connectivity index (χ2n) is 6.25. The molecule has 3 nitrogen and oxygen atoms in total. The Morgan fingerprint density at radius 3 is 2.42 bits per heavy atom. The minimum Gasteiger partial charge on any atom is -0.494 e. The average Bonchev–Trinajstić information content (AvgIpc) is 2.59. The van der Waals surface area contributed by atoms with Crippen molar-refractivity contribution in [1.82, 2.24) is 4.90 Å². The number of aliphatic hydroxyl groups is 1. The number of ether oxygens (including phenoxy) is 1. The van der Waals surface area contributed by atoms with Gasteiger partial charge in [0.2, 0.25) is 0 Å². The van der Waals surface area contributed by atoms with Gasteiger partial charge in [0.25, 0.3) is 0 Å². The fourth-order valence-corrected chi connectivity index (χ4v) is 3.25. The molecule has 1 aliphatic rings. The first kappa shape index (κ1) is 18.8. The van der Waals surface area contributed by atoms with Gasteiger partial charge in [0.15, 0.2) is 0 Å². The Bertz CT molecular complexity index is 625. The smallest absolute Gasteiger partial charge is 0.119 e. The third-order valence-corrected chi connectivity index (χ3v) is 4.61. The summed E-state index contributed by atoms with van der Waals surface area (Å²) >= 11 is 0. The van der Waals surface area contributed by atoms with Crippen molar-refractivity contribution in [2.45, 2.75) is 31.9 Å². The second kappa shape index (κ2) is 8.52. The Hall–Kier alpha value is -1.55. The van der Waals surface area contributed by atoms with Gasteiger partial charge in [0.05, 0.1) is 12.2 Å². The number of rotatable bonds is 5. The molecular formula is C20H26ClNO2. The molecule has 0 atom stereocenters. The van der Waals surface area contributed by atoms with Gasteiger partial charge in [0.1, 0.15) is 5.75 Å². The van der Waals surface area contributed by atoms with Crippen molar-refractivity contribution in [3.8, 4) is 5.75 Å². The molecule has 3 rings (SSSR count). The molecule has 4 heteroatoms. The topological polar surface area (TPSA) is 32.7 Å². The molecule has 0 aromatic heterocycles. The highest BCUT2D eigenvalue weighted by molar-refractivity contribution is 5.85. The number of piperidine rings is 1. The highest BCUT2D eigenvalue weighted by atomic mass is 35.5. The van der Waals surface area contributed by atoms with Crippen LogP contribution in [0.5, 0.6) is 5.75 Å².